The molecule has 7 nitrogen and oxygen atoms in total. The highest BCUT2D eigenvalue weighted by Gasteiger charge is 2.39. The van der Waals surface area contributed by atoms with Crippen molar-refractivity contribution in [1.29, 1.82) is 0 Å². The summed E-state index contributed by atoms with van der Waals surface area (Å²) in [6.45, 7) is 2.68. The first-order valence-electron chi connectivity index (χ1n) is 6.54. The van der Waals surface area contributed by atoms with Crippen molar-refractivity contribution in [2.75, 3.05) is 37.3 Å². The van der Waals surface area contributed by atoms with Crippen molar-refractivity contribution < 1.29 is 13.5 Å². The van der Waals surface area contributed by atoms with E-state index >= 15 is 0 Å². The van der Waals surface area contributed by atoms with Crippen LogP contribution in [0, 0.1) is 0 Å². The minimum absolute atomic E-state index is 0.0352. The second-order valence-corrected chi connectivity index (χ2v) is 7.48. The number of aliphatic hydroxyl groups is 1. The maximum absolute atomic E-state index is 11.8. The van der Waals surface area contributed by atoms with Crippen molar-refractivity contribution in [3.05, 3.63) is 18.6 Å². The Labute approximate surface area is 119 Å². The van der Waals surface area contributed by atoms with Crippen LogP contribution in [-0.4, -0.2) is 65.8 Å². The lowest BCUT2D eigenvalue weighted by molar-refractivity contribution is 0.0479. The normalized spacial score (nSPS) is 23.5. The molecule has 8 heteroatoms. The Bertz CT molecular complexity index is 551. The van der Waals surface area contributed by atoms with Gasteiger partial charge in [-0.15, -0.1) is 0 Å². The van der Waals surface area contributed by atoms with E-state index in [0.29, 0.717) is 25.3 Å². The van der Waals surface area contributed by atoms with Crippen LogP contribution in [0.5, 0.6) is 0 Å². The summed E-state index contributed by atoms with van der Waals surface area (Å²) in [5, 5.41) is 10.6. The van der Waals surface area contributed by atoms with Crippen molar-refractivity contribution in [2.24, 2.45) is 0 Å². The molecule has 1 aliphatic heterocycles. The molecule has 0 amide bonds. The largest absolute Gasteiger partial charge is 0.387 e. The van der Waals surface area contributed by atoms with Gasteiger partial charge in [0.25, 0.3) is 0 Å². The summed E-state index contributed by atoms with van der Waals surface area (Å²) in [7, 11) is -1.78. The Morgan fingerprint density at radius 2 is 2.25 bits per heavy atom. The summed E-state index contributed by atoms with van der Waals surface area (Å²) in [5.74, 6) is 0.734. The van der Waals surface area contributed by atoms with Crippen LogP contribution < -0.4 is 4.90 Å². The molecule has 2 rings (SSSR count). The molecular formula is C12H20N4O3S. The molecule has 0 bridgehead atoms. The van der Waals surface area contributed by atoms with Crippen molar-refractivity contribution in [3.8, 4) is 0 Å². The lowest BCUT2D eigenvalue weighted by Crippen LogP contribution is -2.46. The van der Waals surface area contributed by atoms with Crippen LogP contribution in [0.15, 0.2) is 18.6 Å². The summed E-state index contributed by atoms with van der Waals surface area (Å²) in [6.07, 6.45) is 5.33. The van der Waals surface area contributed by atoms with Gasteiger partial charge >= 0.3 is 0 Å². The van der Waals surface area contributed by atoms with Crippen LogP contribution in [0.3, 0.4) is 0 Å². The fourth-order valence-corrected chi connectivity index (χ4v) is 3.25. The predicted molar refractivity (Wildman–Crippen MR) is 75.9 cm³/mol. The molecule has 0 aromatic carbocycles. The van der Waals surface area contributed by atoms with Gasteiger partial charge in [0.15, 0.2) is 0 Å². The third kappa shape index (κ3) is 3.25. The summed E-state index contributed by atoms with van der Waals surface area (Å²) < 4.78 is 24.7. The monoisotopic (exact) mass is 300 g/mol. The average Bonchev–Trinajstić information content (AvgIpc) is 2.82. The third-order valence-corrected chi connectivity index (χ3v) is 5.37. The molecule has 20 heavy (non-hydrogen) atoms. The van der Waals surface area contributed by atoms with Crippen molar-refractivity contribution in [1.82, 2.24) is 14.3 Å². The van der Waals surface area contributed by atoms with Gasteiger partial charge in [-0.3, -0.25) is 4.98 Å². The molecule has 0 radical (unpaired) electrons. The van der Waals surface area contributed by atoms with Crippen molar-refractivity contribution in [3.63, 3.8) is 0 Å². The first-order valence-corrected chi connectivity index (χ1v) is 8.14. The fourth-order valence-electron chi connectivity index (χ4n) is 2.37. The van der Waals surface area contributed by atoms with Gasteiger partial charge in [0.05, 0.1) is 17.6 Å². The molecular weight excluding hydrogens is 280 g/mol. The summed E-state index contributed by atoms with van der Waals surface area (Å²) >= 11 is 0. The number of aromatic nitrogens is 2. The molecule has 112 valence electrons. The Morgan fingerprint density at radius 1 is 1.50 bits per heavy atom. The summed E-state index contributed by atoms with van der Waals surface area (Å²) in [4.78, 5) is 10.1. The van der Waals surface area contributed by atoms with Gasteiger partial charge in [0.1, 0.15) is 5.82 Å². The Kier molecular flexibility index (Phi) is 4.26. The topological polar surface area (TPSA) is 86.6 Å². The standard InChI is InChI=1S/C12H20N4O3S/c1-3-20(18,19)15(2)9-12(17)4-7-16(10-12)11-8-13-5-6-14-11/h5-6,8,17H,3-4,7,9-10H2,1-2H3/t12-/m0/s1. The molecule has 2 heterocycles. The zero-order valence-corrected chi connectivity index (χ0v) is 12.5. The van der Waals surface area contributed by atoms with Crippen LogP contribution in [0.1, 0.15) is 13.3 Å². The predicted octanol–water partition coefficient (Wildman–Crippen LogP) is -0.301. The number of anilines is 1. The Morgan fingerprint density at radius 3 is 2.85 bits per heavy atom. The zero-order valence-electron chi connectivity index (χ0n) is 11.7. The maximum Gasteiger partial charge on any atom is 0.213 e. The number of sulfonamides is 1. The van der Waals surface area contributed by atoms with Crippen LogP contribution >= 0.6 is 0 Å². The minimum atomic E-state index is -3.28. The van der Waals surface area contributed by atoms with Gasteiger partial charge in [0, 0.05) is 39.1 Å². The van der Waals surface area contributed by atoms with E-state index in [9.17, 15) is 13.5 Å². The smallest absolute Gasteiger partial charge is 0.213 e. The highest BCUT2D eigenvalue weighted by Crippen LogP contribution is 2.26. The number of β-amino-alcohol motifs (C(OH)–C–C–N with tert-alkyl or cyclic N) is 1. The molecule has 1 fully saturated rings. The molecule has 1 aliphatic rings. The van der Waals surface area contributed by atoms with E-state index in [0.717, 1.165) is 0 Å². The van der Waals surface area contributed by atoms with Crippen molar-refractivity contribution in [2.45, 2.75) is 18.9 Å². The third-order valence-electron chi connectivity index (χ3n) is 3.56. The molecule has 1 atom stereocenters. The number of rotatable bonds is 5. The molecule has 1 N–H and O–H groups in total. The zero-order chi connectivity index (χ0) is 14.8. The quantitative estimate of drug-likeness (QED) is 0.803. The number of nitrogens with zero attached hydrogens (tertiary/aromatic N) is 4. The van der Waals surface area contributed by atoms with E-state index in [4.69, 9.17) is 0 Å². The highest BCUT2D eigenvalue weighted by atomic mass is 32.2. The molecule has 1 aromatic heterocycles. The minimum Gasteiger partial charge on any atom is -0.387 e. The molecule has 0 aliphatic carbocycles. The van der Waals surface area contributed by atoms with E-state index in [-0.39, 0.29) is 12.3 Å². The highest BCUT2D eigenvalue weighted by molar-refractivity contribution is 7.89. The van der Waals surface area contributed by atoms with Gasteiger partial charge < -0.3 is 10.0 Å². The van der Waals surface area contributed by atoms with Crippen LogP contribution in [0.4, 0.5) is 5.82 Å². The maximum atomic E-state index is 11.8. The Hall–Kier alpha value is -1.25. The fraction of sp³-hybridized carbons (Fsp3) is 0.667. The SMILES string of the molecule is CCS(=O)(=O)N(C)C[C@@]1(O)CCN(c2cnccn2)C1. The average molecular weight is 300 g/mol. The molecule has 1 saturated heterocycles. The molecule has 1 aromatic rings. The van der Waals surface area contributed by atoms with E-state index in [1.807, 2.05) is 4.90 Å². The second-order valence-electron chi connectivity index (χ2n) is 5.12. The lowest BCUT2D eigenvalue weighted by atomic mass is 10.0. The van der Waals surface area contributed by atoms with Gasteiger partial charge in [-0.1, -0.05) is 0 Å². The van der Waals surface area contributed by atoms with E-state index in [1.165, 1.54) is 11.4 Å². The summed E-state index contributed by atoms with van der Waals surface area (Å²) in [5.41, 5.74) is -1.05. The Balaban J connectivity index is 2.04. The summed E-state index contributed by atoms with van der Waals surface area (Å²) in [6, 6.07) is 0. The van der Waals surface area contributed by atoms with Gasteiger partial charge in [0.2, 0.25) is 10.0 Å². The number of hydrogen-bond donors (Lipinski definition) is 1. The molecule has 0 saturated carbocycles. The first kappa shape index (κ1) is 15.1. The number of hydrogen-bond acceptors (Lipinski definition) is 6. The van der Waals surface area contributed by atoms with Crippen LogP contribution in [0.2, 0.25) is 0 Å². The lowest BCUT2D eigenvalue weighted by Gasteiger charge is -2.28. The van der Waals surface area contributed by atoms with Crippen LogP contribution in [0.25, 0.3) is 0 Å². The first-order chi connectivity index (χ1) is 9.36. The van der Waals surface area contributed by atoms with E-state index < -0.39 is 15.6 Å². The molecule has 0 spiro atoms. The van der Waals surface area contributed by atoms with E-state index in [2.05, 4.69) is 9.97 Å². The molecule has 0 unspecified atom stereocenters. The van der Waals surface area contributed by atoms with Gasteiger partial charge in [-0.05, 0) is 13.3 Å². The second kappa shape index (κ2) is 5.63. The van der Waals surface area contributed by atoms with E-state index in [1.54, 1.807) is 25.5 Å². The van der Waals surface area contributed by atoms with Gasteiger partial charge in [-0.2, -0.15) is 0 Å². The van der Waals surface area contributed by atoms with Gasteiger partial charge in [-0.25, -0.2) is 17.7 Å². The van der Waals surface area contributed by atoms with Crippen LogP contribution in [-0.2, 0) is 10.0 Å². The van der Waals surface area contributed by atoms with Crippen molar-refractivity contribution >= 4 is 15.8 Å². The number of likely N-dealkylation sites (N-methyl/N-ethyl adjacent to an activating group) is 1.